The number of rotatable bonds is 8. The van der Waals surface area contributed by atoms with Crippen LogP contribution in [0, 0.1) is 6.92 Å². The zero-order valence-corrected chi connectivity index (χ0v) is 12.0. The predicted octanol–water partition coefficient (Wildman–Crippen LogP) is 4.00. The fourth-order valence-electron chi connectivity index (χ4n) is 1.98. The van der Waals surface area contributed by atoms with Crippen molar-refractivity contribution in [3.05, 3.63) is 35.4 Å². The number of nitrogens with one attached hydrogen (secondary N) is 1. The molecule has 5 heteroatoms. The van der Waals surface area contributed by atoms with Crippen LogP contribution in [0.1, 0.15) is 36.9 Å². The summed E-state index contributed by atoms with van der Waals surface area (Å²) < 4.78 is 41.4. The van der Waals surface area contributed by atoms with Crippen LogP contribution in [0.4, 0.5) is 13.2 Å². The van der Waals surface area contributed by atoms with Crippen LogP contribution in [0.15, 0.2) is 24.3 Å². The van der Waals surface area contributed by atoms with Crippen LogP contribution in [0.5, 0.6) is 0 Å². The van der Waals surface area contributed by atoms with Gasteiger partial charge in [0.05, 0.1) is 12.6 Å². The first kappa shape index (κ1) is 17.0. The third kappa shape index (κ3) is 6.91. The number of alkyl halides is 3. The molecule has 1 unspecified atom stereocenters. The Labute approximate surface area is 118 Å². The van der Waals surface area contributed by atoms with Crippen molar-refractivity contribution in [1.29, 1.82) is 0 Å². The van der Waals surface area contributed by atoms with Gasteiger partial charge in [0.2, 0.25) is 0 Å². The monoisotopic (exact) mass is 289 g/mol. The van der Waals surface area contributed by atoms with Crippen LogP contribution in [0.3, 0.4) is 0 Å². The van der Waals surface area contributed by atoms with Crippen molar-refractivity contribution in [2.24, 2.45) is 0 Å². The molecule has 0 aromatic heterocycles. The molecular formula is C15H22F3NO. The number of benzene rings is 1. The van der Waals surface area contributed by atoms with Crippen molar-refractivity contribution < 1.29 is 17.9 Å². The Balaban J connectivity index is 2.40. The highest BCUT2D eigenvalue weighted by molar-refractivity contribution is 5.25. The van der Waals surface area contributed by atoms with Gasteiger partial charge < -0.3 is 10.1 Å². The molecule has 0 aliphatic rings. The van der Waals surface area contributed by atoms with Crippen molar-refractivity contribution in [2.45, 2.75) is 38.9 Å². The lowest BCUT2D eigenvalue weighted by Crippen LogP contribution is -2.25. The van der Waals surface area contributed by atoms with Gasteiger partial charge in [-0.25, -0.2) is 0 Å². The second-order valence-corrected chi connectivity index (χ2v) is 4.82. The van der Waals surface area contributed by atoms with E-state index in [1.165, 1.54) is 0 Å². The highest BCUT2D eigenvalue weighted by atomic mass is 19.4. The lowest BCUT2D eigenvalue weighted by Gasteiger charge is -2.19. The van der Waals surface area contributed by atoms with Gasteiger partial charge in [-0.3, -0.25) is 0 Å². The quantitative estimate of drug-likeness (QED) is 0.730. The molecule has 1 aromatic carbocycles. The number of hydrogen-bond acceptors (Lipinski definition) is 2. The smallest absolute Gasteiger partial charge is 0.379 e. The van der Waals surface area contributed by atoms with Crippen LogP contribution in [-0.4, -0.2) is 25.9 Å². The molecule has 0 amide bonds. The molecule has 0 radical (unpaired) electrons. The molecule has 0 fully saturated rings. The summed E-state index contributed by atoms with van der Waals surface area (Å²) in [7, 11) is 0. The van der Waals surface area contributed by atoms with E-state index in [2.05, 4.69) is 11.4 Å². The summed E-state index contributed by atoms with van der Waals surface area (Å²) in [5, 5.41) is 3.29. The Hall–Kier alpha value is -1.07. The highest BCUT2D eigenvalue weighted by Crippen LogP contribution is 2.21. The maximum absolute atomic E-state index is 12.0. The first-order valence-corrected chi connectivity index (χ1v) is 6.87. The average molecular weight is 289 g/mol. The minimum Gasteiger partial charge on any atom is -0.379 e. The number of hydrogen-bond donors (Lipinski definition) is 1. The summed E-state index contributed by atoms with van der Waals surface area (Å²) >= 11 is 0. The Morgan fingerprint density at radius 1 is 1.30 bits per heavy atom. The molecule has 2 nitrogen and oxygen atoms in total. The molecule has 0 saturated carbocycles. The van der Waals surface area contributed by atoms with Gasteiger partial charge in [-0.2, -0.15) is 13.2 Å². The van der Waals surface area contributed by atoms with E-state index in [1.54, 1.807) is 0 Å². The molecule has 0 heterocycles. The van der Waals surface area contributed by atoms with Gasteiger partial charge in [-0.05, 0) is 25.5 Å². The maximum Gasteiger partial charge on any atom is 0.389 e. The molecule has 0 aliphatic carbocycles. The standard InChI is InChI=1S/C15H22F3NO/c1-3-19-14(13-7-4-6-12(2)10-13)11-20-9-5-8-15(16,17)18/h4,6-7,10,14,19H,3,5,8-9,11H2,1-2H3. The lowest BCUT2D eigenvalue weighted by molar-refractivity contribution is -0.138. The second kappa shape index (κ2) is 8.27. The molecule has 20 heavy (non-hydrogen) atoms. The van der Waals surface area contributed by atoms with Gasteiger partial charge in [0.1, 0.15) is 0 Å². The van der Waals surface area contributed by atoms with Gasteiger partial charge in [-0.15, -0.1) is 0 Å². The molecule has 0 saturated heterocycles. The summed E-state index contributed by atoms with van der Waals surface area (Å²) in [6, 6.07) is 8.06. The van der Waals surface area contributed by atoms with E-state index in [0.717, 1.165) is 17.7 Å². The molecule has 0 spiro atoms. The van der Waals surface area contributed by atoms with Crippen molar-refractivity contribution in [2.75, 3.05) is 19.8 Å². The van der Waals surface area contributed by atoms with Crippen molar-refractivity contribution in [1.82, 2.24) is 5.32 Å². The Morgan fingerprint density at radius 2 is 2.05 bits per heavy atom. The van der Waals surface area contributed by atoms with Gasteiger partial charge >= 0.3 is 6.18 Å². The third-order valence-corrected chi connectivity index (χ3v) is 2.93. The van der Waals surface area contributed by atoms with E-state index in [4.69, 9.17) is 4.74 Å². The van der Waals surface area contributed by atoms with Crippen LogP contribution < -0.4 is 5.32 Å². The third-order valence-electron chi connectivity index (χ3n) is 2.93. The molecule has 114 valence electrons. The summed E-state index contributed by atoms with van der Waals surface area (Å²) in [6.45, 7) is 5.30. The predicted molar refractivity (Wildman–Crippen MR) is 73.7 cm³/mol. The molecule has 1 atom stereocenters. The summed E-state index contributed by atoms with van der Waals surface area (Å²) in [4.78, 5) is 0. The minimum absolute atomic E-state index is 0.0101. The minimum atomic E-state index is -4.10. The van der Waals surface area contributed by atoms with Crippen molar-refractivity contribution in [3.8, 4) is 0 Å². The molecule has 0 bridgehead atoms. The largest absolute Gasteiger partial charge is 0.389 e. The molecular weight excluding hydrogens is 267 g/mol. The fraction of sp³-hybridized carbons (Fsp3) is 0.600. The van der Waals surface area contributed by atoms with Crippen LogP contribution in [-0.2, 0) is 4.74 Å². The molecule has 0 aliphatic heterocycles. The Morgan fingerprint density at radius 3 is 2.65 bits per heavy atom. The zero-order chi connectivity index (χ0) is 15.0. The van der Waals surface area contributed by atoms with Crippen molar-refractivity contribution >= 4 is 0 Å². The zero-order valence-electron chi connectivity index (χ0n) is 12.0. The first-order valence-electron chi connectivity index (χ1n) is 6.87. The number of ether oxygens (including phenoxy) is 1. The van der Waals surface area contributed by atoms with E-state index >= 15 is 0 Å². The van der Waals surface area contributed by atoms with Gasteiger partial charge in [0, 0.05) is 13.0 Å². The highest BCUT2D eigenvalue weighted by Gasteiger charge is 2.26. The van der Waals surface area contributed by atoms with Gasteiger partial charge in [0.15, 0.2) is 0 Å². The summed E-state index contributed by atoms with van der Waals surface area (Å²) in [5.74, 6) is 0. The fourth-order valence-corrected chi connectivity index (χ4v) is 1.98. The molecule has 1 N–H and O–H groups in total. The first-order chi connectivity index (χ1) is 9.42. The number of halogens is 3. The van der Waals surface area contributed by atoms with Gasteiger partial charge in [0.25, 0.3) is 0 Å². The summed E-state index contributed by atoms with van der Waals surface area (Å²) in [6.07, 6.45) is -4.87. The SMILES string of the molecule is CCNC(COCCCC(F)(F)F)c1cccc(C)c1. The topological polar surface area (TPSA) is 21.3 Å². The maximum atomic E-state index is 12.0. The normalized spacial score (nSPS) is 13.4. The molecule has 1 rings (SSSR count). The van der Waals surface area contributed by atoms with E-state index in [0.29, 0.717) is 6.61 Å². The van der Waals surface area contributed by atoms with Crippen LogP contribution in [0.2, 0.25) is 0 Å². The summed E-state index contributed by atoms with van der Waals surface area (Å²) in [5.41, 5.74) is 2.25. The van der Waals surface area contributed by atoms with E-state index < -0.39 is 12.6 Å². The van der Waals surface area contributed by atoms with Crippen LogP contribution >= 0.6 is 0 Å². The van der Waals surface area contributed by atoms with E-state index in [1.807, 2.05) is 32.0 Å². The lowest BCUT2D eigenvalue weighted by atomic mass is 10.1. The van der Waals surface area contributed by atoms with E-state index in [-0.39, 0.29) is 19.1 Å². The number of aryl methyl sites for hydroxylation is 1. The molecule has 1 aromatic rings. The average Bonchev–Trinajstić information content (AvgIpc) is 2.36. The Bertz CT molecular complexity index is 393. The van der Waals surface area contributed by atoms with E-state index in [9.17, 15) is 13.2 Å². The van der Waals surface area contributed by atoms with Crippen LogP contribution in [0.25, 0.3) is 0 Å². The second-order valence-electron chi connectivity index (χ2n) is 4.82. The van der Waals surface area contributed by atoms with Crippen molar-refractivity contribution in [3.63, 3.8) is 0 Å². The number of likely N-dealkylation sites (N-methyl/N-ethyl adjacent to an activating group) is 1. The van der Waals surface area contributed by atoms with Gasteiger partial charge in [-0.1, -0.05) is 36.8 Å². The Kier molecular flexibility index (Phi) is 7.02.